The topological polar surface area (TPSA) is 54.4 Å². The molecule has 16 heavy (non-hydrogen) atoms. The molecule has 1 aromatic carbocycles. The van der Waals surface area contributed by atoms with Crippen molar-refractivity contribution in [3.63, 3.8) is 0 Å². The molecule has 2 unspecified atom stereocenters. The van der Waals surface area contributed by atoms with Crippen molar-refractivity contribution in [1.82, 2.24) is 0 Å². The molecule has 0 spiro atoms. The van der Waals surface area contributed by atoms with E-state index in [-0.39, 0.29) is 11.8 Å². The Morgan fingerprint density at radius 3 is 2.38 bits per heavy atom. The first-order chi connectivity index (χ1) is 7.50. The lowest BCUT2D eigenvalue weighted by Gasteiger charge is -2.22. The van der Waals surface area contributed by atoms with Crippen LogP contribution in [0.5, 0.6) is 0 Å². The molecule has 4 heteroatoms. The van der Waals surface area contributed by atoms with E-state index >= 15 is 0 Å². The summed E-state index contributed by atoms with van der Waals surface area (Å²) in [7, 11) is -2.82. The summed E-state index contributed by atoms with van der Waals surface area (Å²) in [5, 5.41) is 9.56. The van der Waals surface area contributed by atoms with Crippen molar-refractivity contribution in [3.05, 3.63) is 30.3 Å². The van der Waals surface area contributed by atoms with Crippen LogP contribution in [0.3, 0.4) is 0 Å². The molecular weight excluding hydrogens is 223 g/mol. The second kappa shape index (κ2) is 5.31. The molecule has 1 N–H and O–H groups in total. The Morgan fingerprint density at radius 2 is 1.94 bits per heavy atom. The van der Waals surface area contributed by atoms with E-state index in [2.05, 4.69) is 0 Å². The highest BCUT2D eigenvalue weighted by Crippen LogP contribution is 2.50. The number of aliphatic carboxylic acids is 1. The van der Waals surface area contributed by atoms with Crippen LogP contribution in [0.25, 0.3) is 0 Å². The second-order valence-electron chi connectivity index (χ2n) is 3.94. The SMILES string of the molecule is CCC(C)P(=O)(CC(=O)O)c1ccccc1. The van der Waals surface area contributed by atoms with Gasteiger partial charge in [-0.2, -0.15) is 0 Å². The van der Waals surface area contributed by atoms with Crippen LogP contribution in [-0.2, 0) is 9.36 Å². The lowest BCUT2D eigenvalue weighted by atomic mass is 10.4. The largest absolute Gasteiger partial charge is 0.481 e. The van der Waals surface area contributed by atoms with Crippen molar-refractivity contribution in [3.8, 4) is 0 Å². The zero-order valence-electron chi connectivity index (χ0n) is 9.59. The molecule has 0 heterocycles. The van der Waals surface area contributed by atoms with Crippen molar-refractivity contribution in [2.45, 2.75) is 25.9 Å². The minimum absolute atomic E-state index is 0.0917. The summed E-state index contributed by atoms with van der Waals surface area (Å²) in [4.78, 5) is 10.8. The summed E-state index contributed by atoms with van der Waals surface area (Å²) in [5.74, 6) is -0.993. The van der Waals surface area contributed by atoms with Gasteiger partial charge in [0.15, 0.2) is 0 Å². The maximum absolute atomic E-state index is 12.8. The zero-order valence-corrected chi connectivity index (χ0v) is 10.5. The lowest BCUT2D eigenvalue weighted by molar-refractivity contribution is -0.134. The molecule has 1 aromatic rings. The van der Waals surface area contributed by atoms with Crippen molar-refractivity contribution >= 4 is 18.4 Å². The number of rotatable bonds is 5. The minimum Gasteiger partial charge on any atom is -0.481 e. The van der Waals surface area contributed by atoms with Crippen molar-refractivity contribution in [1.29, 1.82) is 0 Å². The molecule has 0 aromatic heterocycles. The zero-order chi connectivity index (χ0) is 12.2. The van der Waals surface area contributed by atoms with Crippen molar-refractivity contribution in [2.75, 3.05) is 6.16 Å². The van der Waals surface area contributed by atoms with Crippen LogP contribution < -0.4 is 5.30 Å². The van der Waals surface area contributed by atoms with E-state index in [1.165, 1.54) is 0 Å². The van der Waals surface area contributed by atoms with Gasteiger partial charge in [0.2, 0.25) is 0 Å². The fraction of sp³-hybridized carbons (Fsp3) is 0.417. The van der Waals surface area contributed by atoms with Crippen LogP contribution in [0.2, 0.25) is 0 Å². The standard InChI is InChI=1S/C12H17O3P/c1-3-10(2)16(15,9-12(13)14)11-7-5-4-6-8-11/h4-8,10H,3,9H2,1-2H3,(H,13,14). The molecular formula is C12H17O3P. The molecule has 0 aliphatic carbocycles. The van der Waals surface area contributed by atoms with Gasteiger partial charge < -0.3 is 9.67 Å². The Hall–Kier alpha value is -1.08. The Balaban J connectivity index is 3.15. The number of hydrogen-bond donors (Lipinski definition) is 1. The van der Waals surface area contributed by atoms with E-state index in [4.69, 9.17) is 5.11 Å². The van der Waals surface area contributed by atoms with Gasteiger partial charge in [-0.15, -0.1) is 0 Å². The molecule has 0 aliphatic rings. The smallest absolute Gasteiger partial charge is 0.311 e. The molecule has 0 amide bonds. The number of carboxylic acids is 1. The van der Waals surface area contributed by atoms with Gasteiger partial charge >= 0.3 is 5.97 Å². The predicted octanol–water partition coefficient (Wildman–Crippen LogP) is 2.56. The molecule has 3 nitrogen and oxygen atoms in total. The number of benzene rings is 1. The van der Waals surface area contributed by atoms with E-state index in [0.717, 1.165) is 6.42 Å². The number of hydrogen-bond acceptors (Lipinski definition) is 2. The van der Waals surface area contributed by atoms with Gasteiger partial charge in [-0.25, -0.2) is 0 Å². The molecule has 0 bridgehead atoms. The molecule has 2 atom stereocenters. The Bertz CT molecular complexity index is 400. The van der Waals surface area contributed by atoms with Gasteiger partial charge in [-0.3, -0.25) is 4.79 Å². The first-order valence-corrected chi connectivity index (χ1v) is 7.33. The van der Waals surface area contributed by atoms with E-state index in [1.807, 2.05) is 19.9 Å². The summed E-state index contributed by atoms with van der Waals surface area (Å²) < 4.78 is 12.8. The average molecular weight is 240 g/mol. The Labute approximate surface area is 95.9 Å². The fourth-order valence-corrected chi connectivity index (χ4v) is 4.35. The van der Waals surface area contributed by atoms with Gasteiger partial charge in [0.05, 0.1) is 0 Å². The van der Waals surface area contributed by atoms with Crippen LogP contribution in [0.15, 0.2) is 30.3 Å². The quantitative estimate of drug-likeness (QED) is 0.805. The van der Waals surface area contributed by atoms with Crippen LogP contribution >= 0.6 is 7.14 Å². The summed E-state index contributed by atoms with van der Waals surface area (Å²) >= 11 is 0. The summed E-state index contributed by atoms with van der Waals surface area (Å²) in [6, 6.07) is 8.95. The summed E-state index contributed by atoms with van der Waals surface area (Å²) in [5.41, 5.74) is -0.0917. The van der Waals surface area contributed by atoms with Gasteiger partial charge in [-0.05, 0) is 6.42 Å². The van der Waals surface area contributed by atoms with Gasteiger partial charge in [0.1, 0.15) is 13.3 Å². The van der Waals surface area contributed by atoms with Crippen LogP contribution in [0.4, 0.5) is 0 Å². The maximum atomic E-state index is 12.8. The highest BCUT2D eigenvalue weighted by molar-refractivity contribution is 7.73. The van der Waals surface area contributed by atoms with Crippen LogP contribution in [0.1, 0.15) is 20.3 Å². The summed E-state index contributed by atoms with van der Waals surface area (Å²) in [6.07, 6.45) is 0.464. The van der Waals surface area contributed by atoms with Gasteiger partial charge in [-0.1, -0.05) is 44.2 Å². The van der Waals surface area contributed by atoms with Gasteiger partial charge in [0.25, 0.3) is 0 Å². The van der Waals surface area contributed by atoms with E-state index in [1.54, 1.807) is 24.3 Å². The highest BCUT2D eigenvalue weighted by atomic mass is 31.2. The first kappa shape index (κ1) is 13.0. The molecule has 0 aliphatic heterocycles. The molecule has 0 fully saturated rings. The normalized spacial score (nSPS) is 16.4. The third kappa shape index (κ3) is 2.73. The Morgan fingerprint density at radius 1 is 1.38 bits per heavy atom. The number of carboxylic acid groups (broad SMARTS) is 1. The lowest BCUT2D eigenvalue weighted by Crippen LogP contribution is -2.20. The Kier molecular flexibility index (Phi) is 4.31. The molecule has 88 valence electrons. The van der Waals surface area contributed by atoms with E-state index < -0.39 is 13.1 Å². The van der Waals surface area contributed by atoms with E-state index in [0.29, 0.717) is 5.30 Å². The second-order valence-corrected chi connectivity index (χ2v) is 7.25. The summed E-state index contributed by atoms with van der Waals surface area (Å²) in [6.45, 7) is 3.79. The minimum atomic E-state index is -2.82. The molecule has 0 saturated heterocycles. The predicted molar refractivity (Wildman–Crippen MR) is 65.9 cm³/mol. The van der Waals surface area contributed by atoms with Crippen molar-refractivity contribution in [2.24, 2.45) is 0 Å². The monoisotopic (exact) mass is 240 g/mol. The first-order valence-electron chi connectivity index (χ1n) is 5.37. The molecule has 0 saturated carbocycles. The maximum Gasteiger partial charge on any atom is 0.311 e. The third-order valence-electron chi connectivity index (χ3n) is 2.87. The molecule has 1 rings (SSSR count). The van der Waals surface area contributed by atoms with Crippen molar-refractivity contribution < 1.29 is 14.5 Å². The molecule has 0 radical (unpaired) electrons. The van der Waals surface area contributed by atoms with E-state index in [9.17, 15) is 9.36 Å². The van der Waals surface area contributed by atoms with Crippen LogP contribution in [0, 0.1) is 0 Å². The van der Waals surface area contributed by atoms with Crippen LogP contribution in [-0.4, -0.2) is 22.9 Å². The number of carbonyl (C=O) groups is 1. The average Bonchev–Trinajstić information content (AvgIpc) is 2.28. The van der Waals surface area contributed by atoms with Gasteiger partial charge in [0, 0.05) is 11.0 Å². The fourth-order valence-electron chi connectivity index (χ4n) is 1.68. The third-order valence-corrected chi connectivity index (χ3v) is 6.57. The highest BCUT2D eigenvalue weighted by Gasteiger charge is 2.32.